The molecule has 1 aromatic carbocycles. The minimum Gasteiger partial charge on any atom is -0.492 e. The average Bonchev–Trinajstić information content (AvgIpc) is 3.16. The Labute approximate surface area is 136 Å². The summed E-state index contributed by atoms with van der Waals surface area (Å²) in [5.41, 5.74) is 0.0190. The van der Waals surface area contributed by atoms with E-state index in [1.54, 1.807) is 17.0 Å². The quantitative estimate of drug-likeness (QED) is 0.780. The molecule has 0 radical (unpaired) electrons. The average molecular weight is 320 g/mol. The van der Waals surface area contributed by atoms with E-state index in [2.05, 4.69) is 5.32 Å². The number of aliphatic hydroxyl groups is 1. The van der Waals surface area contributed by atoms with E-state index in [-0.39, 0.29) is 5.91 Å². The van der Waals surface area contributed by atoms with E-state index >= 15 is 0 Å². The molecule has 2 atom stereocenters. The molecule has 1 aromatic rings. The van der Waals surface area contributed by atoms with E-state index in [9.17, 15) is 9.90 Å². The van der Waals surface area contributed by atoms with Crippen molar-refractivity contribution in [1.82, 2.24) is 10.2 Å². The fourth-order valence-electron chi connectivity index (χ4n) is 3.30. The summed E-state index contributed by atoms with van der Waals surface area (Å²) in [6.07, 6.45) is 1.14. The minimum atomic E-state index is -0.607. The van der Waals surface area contributed by atoms with Crippen molar-refractivity contribution in [1.29, 1.82) is 0 Å². The van der Waals surface area contributed by atoms with Gasteiger partial charge in [0.1, 0.15) is 24.1 Å². The van der Waals surface area contributed by atoms with Crippen LogP contribution in [0.2, 0.25) is 0 Å². The van der Waals surface area contributed by atoms with Gasteiger partial charge in [-0.25, -0.2) is 0 Å². The third kappa shape index (κ3) is 3.34. The summed E-state index contributed by atoms with van der Waals surface area (Å²) in [5.74, 6) is 0.591. The highest BCUT2D eigenvalue weighted by molar-refractivity contribution is 5.95. The molecule has 3 rings (SSSR count). The molecular formula is C17H24N2O4. The Kier molecular flexibility index (Phi) is 4.84. The molecule has 0 aliphatic carbocycles. The number of rotatable bonds is 5. The van der Waals surface area contributed by atoms with Crippen LogP contribution in [0.15, 0.2) is 24.3 Å². The number of hydrogen-bond donors (Lipinski definition) is 2. The Morgan fingerprint density at radius 1 is 1.57 bits per heavy atom. The zero-order chi connectivity index (χ0) is 16.3. The predicted octanol–water partition coefficient (Wildman–Crippen LogP) is 0.651. The number of hydrogen-bond acceptors (Lipinski definition) is 5. The van der Waals surface area contributed by atoms with Gasteiger partial charge >= 0.3 is 0 Å². The van der Waals surface area contributed by atoms with Crippen LogP contribution < -0.4 is 10.1 Å². The summed E-state index contributed by atoms with van der Waals surface area (Å²) in [6, 6.07) is 7.19. The van der Waals surface area contributed by atoms with Crippen molar-refractivity contribution >= 4 is 5.91 Å². The lowest BCUT2D eigenvalue weighted by Crippen LogP contribution is -2.41. The second-order valence-corrected chi connectivity index (χ2v) is 6.20. The molecule has 2 heterocycles. The van der Waals surface area contributed by atoms with Gasteiger partial charge in [-0.3, -0.25) is 4.79 Å². The summed E-state index contributed by atoms with van der Waals surface area (Å²) in [6.45, 7) is 2.74. The summed E-state index contributed by atoms with van der Waals surface area (Å²) < 4.78 is 11.4. The van der Waals surface area contributed by atoms with Crippen molar-refractivity contribution in [3.05, 3.63) is 29.8 Å². The van der Waals surface area contributed by atoms with Gasteiger partial charge in [0, 0.05) is 25.3 Å². The molecule has 0 saturated carbocycles. The van der Waals surface area contributed by atoms with Gasteiger partial charge in [-0.15, -0.1) is 0 Å². The van der Waals surface area contributed by atoms with Crippen molar-refractivity contribution in [2.75, 3.05) is 39.9 Å². The smallest absolute Gasteiger partial charge is 0.254 e. The highest BCUT2D eigenvalue weighted by Gasteiger charge is 2.50. The molecule has 6 nitrogen and oxygen atoms in total. The third-order valence-electron chi connectivity index (χ3n) is 4.58. The molecule has 1 amide bonds. The van der Waals surface area contributed by atoms with Crippen LogP contribution in [-0.4, -0.2) is 67.5 Å². The molecule has 23 heavy (non-hydrogen) atoms. The lowest BCUT2D eigenvalue weighted by molar-refractivity contribution is -0.0590. The van der Waals surface area contributed by atoms with Gasteiger partial charge in [0.05, 0.1) is 6.54 Å². The molecule has 2 N–H and O–H groups in total. The van der Waals surface area contributed by atoms with Crippen molar-refractivity contribution in [2.24, 2.45) is 0 Å². The number of likely N-dealkylation sites (N-methyl/N-ethyl adjacent to an activating group) is 1. The number of ether oxygens (including phenoxy) is 2. The maximum Gasteiger partial charge on any atom is 0.254 e. The number of nitrogens with zero attached hydrogens (tertiary/aromatic N) is 1. The van der Waals surface area contributed by atoms with Gasteiger partial charge in [0.15, 0.2) is 0 Å². The Bertz CT molecular complexity index is 557. The second kappa shape index (κ2) is 6.86. The van der Waals surface area contributed by atoms with E-state index in [0.717, 1.165) is 19.4 Å². The lowest BCUT2D eigenvalue weighted by atomic mass is 9.97. The van der Waals surface area contributed by atoms with Crippen LogP contribution in [0.5, 0.6) is 5.75 Å². The molecule has 2 fully saturated rings. The van der Waals surface area contributed by atoms with Crippen LogP contribution >= 0.6 is 0 Å². The van der Waals surface area contributed by atoms with Gasteiger partial charge in [0.25, 0.3) is 5.91 Å². The molecule has 2 saturated heterocycles. The molecule has 0 aromatic heterocycles. The van der Waals surface area contributed by atoms with Crippen LogP contribution in [-0.2, 0) is 4.74 Å². The molecule has 0 bridgehead atoms. The SMILES string of the molecule is CNCCOc1cccc(C(=O)N2C[C@H](O)[C@]3(CCCO3)C2)c1. The molecule has 2 aliphatic rings. The number of benzene rings is 1. The van der Waals surface area contributed by atoms with Gasteiger partial charge in [-0.05, 0) is 38.1 Å². The van der Waals surface area contributed by atoms with Gasteiger partial charge in [-0.2, -0.15) is 0 Å². The number of β-amino-alcohol motifs (C(OH)–C–C–N with tert-alkyl or cyclic N) is 1. The number of aliphatic hydroxyl groups excluding tert-OH is 1. The molecule has 2 aliphatic heterocycles. The van der Waals surface area contributed by atoms with Gasteiger partial charge in [-0.1, -0.05) is 6.07 Å². The number of amides is 1. The zero-order valence-corrected chi connectivity index (χ0v) is 13.5. The van der Waals surface area contributed by atoms with Crippen LogP contribution in [0.3, 0.4) is 0 Å². The summed E-state index contributed by atoms with van der Waals surface area (Å²) in [7, 11) is 1.86. The number of likely N-dealkylation sites (tertiary alicyclic amines) is 1. The molecule has 0 unspecified atom stereocenters. The molecule has 1 spiro atoms. The maximum absolute atomic E-state index is 12.7. The summed E-state index contributed by atoms with van der Waals surface area (Å²) in [5, 5.41) is 13.3. The Hall–Kier alpha value is -1.63. The molecular weight excluding hydrogens is 296 g/mol. The normalized spacial score (nSPS) is 26.9. The van der Waals surface area contributed by atoms with Crippen LogP contribution in [0.25, 0.3) is 0 Å². The minimum absolute atomic E-state index is 0.0875. The first kappa shape index (κ1) is 16.2. The monoisotopic (exact) mass is 320 g/mol. The largest absolute Gasteiger partial charge is 0.492 e. The number of carbonyl (C=O) groups excluding carboxylic acids is 1. The van der Waals surface area contributed by atoms with Crippen molar-refractivity contribution in [3.63, 3.8) is 0 Å². The first-order valence-electron chi connectivity index (χ1n) is 8.13. The maximum atomic E-state index is 12.7. The van der Waals surface area contributed by atoms with Gasteiger partial charge < -0.3 is 24.8 Å². The van der Waals surface area contributed by atoms with Gasteiger partial charge in [0.2, 0.25) is 0 Å². The molecule has 6 heteroatoms. The highest BCUT2D eigenvalue weighted by atomic mass is 16.5. The Morgan fingerprint density at radius 2 is 2.43 bits per heavy atom. The topological polar surface area (TPSA) is 71.0 Å². The first-order valence-corrected chi connectivity index (χ1v) is 8.13. The van der Waals surface area contributed by atoms with Crippen molar-refractivity contribution in [2.45, 2.75) is 24.5 Å². The lowest BCUT2D eigenvalue weighted by Gasteiger charge is -2.25. The summed E-state index contributed by atoms with van der Waals surface area (Å²) in [4.78, 5) is 14.4. The third-order valence-corrected chi connectivity index (χ3v) is 4.58. The standard InChI is InChI=1S/C17H24N2O4/c1-18-7-9-22-14-5-2-4-13(10-14)16(21)19-11-15(20)17(12-19)6-3-8-23-17/h2,4-5,10,15,18,20H,3,6-9,11-12H2,1H3/t15-,17-/m0/s1. The van der Waals surface area contributed by atoms with Crippen molar-refractivity contribution < 1.29 is 19.4 Å². The van der Waals surface area contributed by atoms with Crippen LogP contribution in [0.1, 0.15) is 23.2 Å². The van der Waals surface area contributed by atoms with Crippen molar-refractivity contribution in [3.8, 4) is 5.75 Å². The van der Waals surface area contributed by atoms with E-state index < -0.39 is 11.7 Å². The first-order chi connectivity index (χ1) is 11.1. The van der Waals surface area contributed by atoms with E-state index in [1.165, 1.54) is 0 Å². The predicted molar refractivity (Wildman–Crippen MR) is 85.7 cm³/mol. The second-order valence-electron chi connectivity index (χ2n) is 6.20. The van der Waals surface area contributed by atoms with E-state index in [0.29, 0.717) is 37.6 Å². The fourth-order valence-corrected chi connectivity index (χ4v) is 3.30. The number of nitrogens with one attached hydrogen (secondary N) is 1. The highest BCUT2D eigenvalue weighted by Crippen LogP contribution is 2.35. The van der Waals surface area contributed by atoms with E-state index in [4.69, 9.17) is 9.47 Å². The molecule has 126 valence electrons. The Morgan fingerprint density at radius 3 is 3.17 bits per heavy atom. The fraction of sp³-hybridized carbons (Fsp3) is 0.588. The number of carbonyl (C=O) groups is 1. The van der Waals surface area contributed by atoms with E-state index in [1.807, 2.05) is 19.2 Å². The summed E-state index contributed by atoms with van der Waals surface area (Å²) >= 11 is 0. The van der Waals surface area contributed by atoms with Crippen LogP contribution in [0, 0.1) is 0 Å². The Balaban J connectivity index is 1.67. The van der Waals surface area contributed by atoms with Crippen LogP contribution in [0.4, 0.5) is 0 Å². The zero-order valence-electron chi connectivity index (χ0n) is 13.5.